The molecule has 5 nitrogen and oxygen atoms in total. The summed E-state index contributed by atoms with van der Waals surface area (Å²) in [5.41, 5.74) is 2.93. The highest BCUT2D eigenvalue weighted by atomic mass is 19.1. The summed E-state index contributed by atoms with van der Waals surface area (Å²) in [6, 6.07) is 10.8. The number of aryl methyl sites for hydroxylation is 1. The Hall–Kier alpha value is -2.44. The number of H-pyrrole nitrogens is 1. The van der Waals surface area contributed by atoms with Crippen LogP contribution < -0.4 is 5.32 Å². The van der Waals surface area contributed by atoms with Crippen LogP contribution in [0.1, 0.15) is 36.0 Å². The number of likely N-dealkylation sites (tertiary alicyclic amines) is 1. The molecule has 4 rings (SSSR count). The van der Waals surface area contributed by atoms with Crippen LogP contribution in [0.2, 0.25) is 0 Å². The fourth-order valence-electron chi connectivity index (χ4n) is 3.75. The Morgan fingerprint density at radius 3 is 2.67 bits per heavy atom. The van der Waals surface area contributed by atoms with Gasteiger partial charge in [0.05, 0.1) is 17.9 Å². The minimum atomic E-state index is -0.236. The van der Waals surface area contributed by atoms with Crippen molar-refractivity contribution in [1.82, 2.24) is 20.4 Å². The van der Waals surface area contributed by atoms with Crippen LogP contribution >= 0.6 is 0 Å². The van der Waals surface area contributed by atoms with Crippen LogP contribution in [0.4, 0.5) is 4.39 Å². The molecule has 2 N–H and O–H groups in total. The lowest BCUT2D eigenvalue weighted by Crippen LogP contribution is -2.33. The molecule has 0 radical (unpaired) electrons. The number of furan rings is 1. The number of nitrogens with zero attached hydrogens (tertiary/aromatic N) is 2. The SMILES string of the molecule is Cc1ccc(C(CNCc2cn[nH]c2-c2ccc(F)cc2)N2CCCC2)o1. The topological polar surface area (TPSA) is 57.1 Å². The van der Waals surface area contributed by atoms with E-state index in [9.17, 15) is 4.39 Å². The lowest BCUT2D eigenvalue weighted by molar-refractivity contribution is 0.207. The second kappa shape index (κ2) is 8.06. The summed E-state index contributed by atoms with van der Waals surface area (Å²) in [5.74, 6) is 1.73. The fourth-order valence-corrected chi connectivity index (χ4v) is 3.75. The summed E-state index contributed by atoms with van der Waals surface area (Å²) < 4.78 is 19.1. The van der Waals surface area contributed by atoms with Gasteiger partial charge in [0.25, 0.3) is 0 Å². The van der Waals surface area contributed by atoms with E-state index in [0.29, 0.717) is 6.54 Å². The number of nitrogens with one attached hydrogen (secondary N) is 2. The number of halogens is 1. The predicted molar refractivity (Wildman–Crippen MR) is 103 cm³/mol. The number of benzene rings is 1. The molecule has 0 amide bonds. The molecule has 0 bridgehead atoms. The van der Waals surface area contributed by atoms with Crippen LogP contribution in [-0.2, 0) is 6.54 Å². The second-order valence-corrected chi connectivity index (χ2v) is 7.12. The molecule has 6 heteroatoms. The molecule has 0 aliphatic carbocycles. The van der Waals surface area contributed by atoms with Gasteiger partial charge >= 0.3 is 0 Å². The minimum Gasteiger partial charge on any atom is -0.465 e. The maximum Gasteiger partial charge on any atom is 0.123 e. The molecule has 27 heavy (non-hydrogen) atoms. The molecule has 0 saturated carbocycles. The minimum absolute atomic E-state index is 0.236. The molecule has 1 unspecified atom stereocenters. The first kappa shape index (κ1) is 17.9. The van der Waals surface area contributed by atoms with Gasteiger partial charge in [-0.2, -0.15) is 5.10 Å². The van der Waals surface area contributed by atoms with Crippen molar-refractivity contribution < 1.29 is 8.81 Å². The fraction of sp³-hybridized carbons (Fsp3) is 0.381. The predicted octanol–water partition coefficient (Wildman–Crippen LogP) is 4.04. The van der Waals surface area contributed by atoms with E-state index in [1.54, 1.807) is 12.1 Å². The van der Waals surface area contributed by atoms with Crippen molar-refractivity contribution in [3.63, 3.8) is 0 Å². The molecular weight excluding hydrogens is 343 g/mol. The molecular formula is C21H25FN4O. The summed E-state index contributed by atoms with van der Waals surface area (Å²) in [5, 5.41) is 10.8. The Morgan fingerprint density at radius 2 is 1.96 bits per heavy atom. The van der Waals surface area contributed by atoms with Crippen molar-refractivity contribution >= 4 is 0 Å². The van der Waals surface area contributed by atoms with E-state index < -0.39 is 0 Å². The number of hydrogen-bond donors (Lipinski definition) is 2. The summed E-state index contributed by atoms with van der Waals surface area (Å²) in [7, 11) is 0. The van der Waals surface area contributed by atoms with Crippen LogP contribution in [0.5, 0.6) is 0 Å². The Bertz CT molecular complexity index is 864. The van der Waals surface area contributed by atoms with Crippen molar-refractivity contribution in [2.24, 2.45) is 0 Å². The van der Waals surface area contributed by atoms with E-state index >= 15 is 0 Å². The lowest BCUT2D eigenvalue weighted by Gasteiger charge is -2.26. The van der Waals surface area contributed by atoms with E-state index in [1.165, 1.54) is 25.0 Å². The Kier molecular flexibility index (Phi) is 5.36. The molecule has 3 aromatic rings. The maximum atomic E-state index is 13.2. The Balaban J connectivity index is 1.43. The second-order valence-electron chi connectivity index (χ2n) is 7.12. The largest absolute Gasteiger partial charge is 0.465 e. The van der Waals surface area contributed by atoms with Crippen LogP contribution in [-0.4, -0.2) is 34.7 Å². The Morgan fingerprint density at radius 1 is 1.19 bits per heavy atom. The summed E-state index contributed by atoms with van der Waals surface area (Å²) >= 11 is 0. The zero-order chi connectivity index (χ0) is 18.6. The van der Waals surface area contributed by atoms with E-state index in [2.05, 4.69) is 26.5 Å². The highest BCUT2D eigenvalue weighted by molar-refractivity contribution is 5.62. The average molecular weight is 368 g/mol. The van der Waals surface area contributed by atoms with Crippen LogP contribution in [0.15, 0.2) is 47.0 Å². The van der Waals surface area contributed by atoms with Gasteiger partial charge in [-0.05, 0) is 69.3 Å². The average Bonchev–Trinajstić information content (AvgIpc) is 3.42. The van der Waals surface area contributed by atoms with Crippen LogP contribution in [0.25, 0.3) is 11.3 Å². The lowest BCUT2D eigenvalue weighted by atomic mass is 10.1. The normalized spacial score (nSPS) is 16.1. The van der Waals surface area contributed by atoms with E-state index in [1.807, 2.05) is 19.2 Å². The van der Waals surface area contributed by atoms with Crippen molar-refractivity contribution in [3.05, 3.63) is 65.5 Å². The number of aromatic amines is 1. The number of hydrogen-bond acceptors (Lipinski definition) is 4. The van der Waals surface area contributed by atoms with Gasteiger partial charge in [-0.1, -0.05) is 0 Å². The van der Waals surface area contributed by atoms with Crippen LogP contribution in [0.3, 0.4) is 0 Å². The van der Waals surface area contributed by atoms with Crippen molar-refractivity contribution in [2.45, 2.75) is 32.4 Å². The molecule has 1 aromatic carbocycles. The van der Waals surface area contributed by atoms with Gasteiger partial charge in [0.1, 0.15) is 17.3 Å². The molecule has 142 valence electrons. The van der Waals surface area contributed by atoms with Gasteiger partial charge in [-0.25, -0.2) is 4.39 Å². The summed E-state index contributed by atoms with van der Waals surface area (Å²) in [4.78, 5) is 2.49. The number of aromatic nitrogens is 2. The first-order valence-electron chi connectivity index (χ1n) is 9.50. The first-order valence-corrected chi connectivity index (χ1v) is 9.50. The van der Waals surface area contributed by atoms with Gasteiger partial charge in [-0.15, -0.1) is 0 Å². The third kappa shape index (κ3) is 4.12. The van der Waals surface area contributed by atoms with Gasteiger partial charge < -0.3 is 9.73 Å². The van der Waals surface area contributed by atoms with Crippen molar-refractivity contribution in [2.75, 3.05) is 19.6 Å². The van der Waals surface area contributed by atoms with Gasteiger partial charge in [0, 0.05) is 24.2 Å². The Labute approximate surface area is 158 Å². The third-order valence-electron chi connectivity index (χ3n) is 5.17. The highest BCUT2D eigenvalue weighted by Gasteiger charge is 2.25. The van der Waals surface area contributed by atoms with Crippen molar-refractivity contribution in [1.29, 1.82) is 0 Å². The molecule has 1 fully saturated rings. The van der Waals surface area contributed by atoms with Crippen LogP contribution in [0, 0.1) is 12.7 Å². The highest BCUT2D eigenvalue weighted by Crippen LogP contribution is 2.27. The maximum absolute atomic E-state index is 13.2. The molecule has 3 heterocycles. The smallest absolute Gasteiger partial charge is 0.123 e. The first-order chi connectivity index (χ1) is 13.2. The molecule has 0 spiro atoms. The quantitative estimate of drug-likeness (QED) is 0.661. The molecule has 1 aliphatic heterocycles. The van der Waals surface area contributed by atoms with Gasteiger partial charge in [-0.3, -0.25) is 10.00 Å². The molecule has 2 aromatic heterocycles. The summed E-state index contributed by atoms with van der Waals surface area (Å²) in [6.07, 6.45) is 4.31. The standard InChI is InChI=1S/C21H25FN4O/c1-15-4-9-20(27-15)19(26-10-2-3-11-26)14-23-12-17-13-24-25-21(17)16-5-7-18(22)8-6-16/h4-9,13,19,23H,2-3,10-12,14H2,1H3,(H,24,25). The van der Waals surface area contributed by atoms with E-state index in [4.69, 9.17) is 4.42 Å². The molecule has 1 atom stereocenters. The van der Waals surface area contributed by atoms with E-state index in [-0.39, 0.29) is 11.9 Å². The van der Waals surface area contributed by atoms with Crippen molar-refractivity contribution in [3.8, 4) is 11.3 Å². The van der Waals surface area contributed by atoms with Gasteiger partial charge in [0.2, 0.25) is 0 Å². The third-order valence-corrected chi connectivity index (χ3v) is 5.17. The monoisotopic (exact) mass is 368 g/mol. The van der Waals surface area contributed by atoms with E-state index in [0.717, 1.165) is 48.0 Å². The zero-order valence-electron chi connectivity index (χ0n) is 15.5. The summed E-state index contributed by atoms with van der Waals surface area (Å²) in [6.45, 7) is 5.70. The number of rotatable bonds is 7. The van der Waals surface area contributed by atoms with Gasteiger partial charge in [0.15, 0.2) is 0 Å². The molecule has 1 aliphatic rings. The molecule has 1 saturated heterocycles. The zero-order valence-corrected chi connectivity index (χ0v) is 15.5.